The standard InChI is InChI=1S/C37H42N4O7/c1-5-7-8-9-27(6-2)47-36(44)41-48-33-22-29-30(23-32(33)45-4)38-21-18-31(29)46-28-16-14-26(15-17-28)40-35(43)37(19-20-37)34(42)39-25-12-10-24(3)11-13-25/h10-18,21-23,27H,5-9,19-20H2,1-4H3,(H,39,42)(H,40,43)(H,41,44). The predicted octanol–water partition coefficient (Wildman–Crippen LogP) is 8.08. The third-order valence-corrected chi connectivity index (χ3v) is 8.36. The van der Waals surface area contributed by atoms with Crippen LogP contribution in [0.1, 0.15) is 64.4 Å². The summed E-state index contributed by atoms with van der Waals surface area (Å²) in [5, 5.41) is 6.35. The lowest BCUT2D eigenvalue weighted by atomic mass is 10.0. The number of nitrogens with zero attached hydrogens (tertiary/aromatic N) is 1. The predicted molar refractivity (Wildman–Crippen MR) is 183 cm³/mol. The smallest absolute Gasteiger partial charge is 0.440 e. The van der Waals surface area contributed by atoms with E-state index >= 15 is 0 Å². The molecule has 1 aliphatic carbocycles. The Labute approximate surface area is 280 Å². The zero-order valence-corrected chi connectivity index (χ0v) is 27.8. The fourth-order valence-corrected chi connectivity index (χ4v) is 5.25. The van der Waals surface area contributed by atoms with E-state index in [1.165, 1.54) is 7.11 Å². The second-order valence-corrected chi connectivity index (χ2v) is 11.9. The number of unbranched alkanes of at least 4 members (excludes halogenated alkanes) is 2. The van der Waals surface area contributed by atoms with Crippen LogP contribution in [0, 0.1) is 12.3 Å². The molecule has 11 nitrogen and oxygen atoms in total. The Balaban J connectivity index is 1.22. The molecule has 3 N–H and O–H groups in total. The molecule has 0 radical (unpaired) electrons. The largest absolute Gasteiger partial charge is 0.493 e. The Hall–Kier alpha value is -5.32. The average Bonchev–Trinajstić information content (AvgIpc) is 3.91. The Bertz CT molecular complexity index is 1740. The number of methoxy groups -OCH3 is 1. The van der Waals surface area contributed by atoms with Gasteiger partial charge in [0.15, 0.2) is 11.5 Å². The number of nitrogens with one attached hydrogen (secondary N) is 3. The minimum Gasteiger partial charge on any atom is -0.493 e. The van der Waals surface area contributed by atoms with Gasteiger partial charge in [0, 0.05) is 35.1 Å². The highest BCUT2D eigenvalue weighted by Crippen LogP contribution is 2.47. The van der Waals surface area contributed by atoms with Crippen molar-refractivity contribution >= 4 is 40.2 Å². The molecule has 4 aromatic rings. The number of hydroxylamine groups is 1. The van der Waals surface area contributed by atoms with E-state index in [1.807, 2.05) is 38.1 Å². The first-order chi connectivity index (χ1) is 23.2. The number of hydrogen-bond donors (Lipinski definition) is 3. The lowest BCUT2D eigenvalue weighted by Gasteiger charge is -2.17. The number of ether oxygens (including phenoxy) is 3. The highest BCUT2D eigenvalue weighted by molar-refractivity contribution is 6.16. The van der Waals surface area contributed by atoms with Crippen molar-refractivity contribution in [3.8, 4) is 23.0 Å². The van der Waals surface area contributed by atoms with Crippen molar-refractivity contribution in [3.05, 3.63) is 78.5 Å². The number of fused-ring (bicyclic) bond motifs is 1. The molecule has 11 heteroatoms. The van der Waals surface area contributed by atoms with Crippen molar-refractivity contribution in [2.75, 3.05) is 17.7 Å². The molecule has 1 aliphatic rings. The van der Waals surface area contributed by atoms with Gasteiger partial charge in [-0.2, -0.15) is 5.48 Å². The fourth-order valence-electron chi connectivity index (χ4n) is 5.25. The SMILES string of the molecule is CCCCCC(CC)OC(=O)NOc1cc2c(Oc3ccc(NC(=O)C4(C(=O)Nc5ccc(C)cc5)CC4)cc3)ccnc2cc1OC. The van der Waals surface area contributed by atoms with Gasteiger partial charge in [0.2, 0.25) is 11.8 Å². The lowest BCUT2D eigenvalue weighted by Crippen LogP contribution is -2.35. The van der Waals surface area contributed by atoms with Crippen molar-refractivity contribution in [2.45, 2.75) is 71.8 Å². The van der Waals surface area contributed by atoms with E-state index in [0.29, 0.717) is 58.8 Å². The quantitative estimate of drug-likeness (QED) is 0.0665. The summed E-state index contributed by atoms with van der Waals surface area (Å²) < 4.78 is 17.2. The normalized spacial score (nSPS) is 13.6. The molecule has 0 saturated heterocycles. The third-order valence-electron chi connectivity index (χ3n) is 8.36. The average molecular weight is 655 g/mol. The number of aromatic nitrogens is 1. The molecule has 3 aromatic carbocycles. The van der Waals surface area contributed by atoms with Gasteiger partial charge in [-0.15, -0.1) is 0 Å². The van der Waals surface area contributed by atoms with Gasteiger partial charge in [0.25, 0.3) is 0 Å². The van der Waals surface area contributed by atoms with Gasteiger partial charge in [0.1, 0.15) is 23.0 Å². The monoisotopic (exact) mass is 654 g/mol. The van der Waals surface area contributed by atoms with E-state index in [0.717, 1.165) is 31.2 Å². The number of rotatable bonds is 15. The molecule has 1 heterocycles. The van der Waals surface area contributed by atoms with Gasteiger partial charge < -0.3 is 29.7 Å². The molecule has 0 bridgehead atoms. The summed E-state index contributed by atoms with van der Waals surface area (Å²) in [7, 11) is 1.50. The van der Waals surface area contributed by atoms with Gasteiger partial charge in [-0.25, -0.2) is 4.79 Å². The first-order valence-electron chi connectivity index (χ1n) is 16.3. The molecule has 5 rings (SSSR count). The van der Waals surface area contributed by atoms with Crippen LogP contribution in [0.25, 0.3) is 10.9 Å². The van der Waals surface area contributed by atoms with Crippen molar-refractivity contribution in [2.24, 2.45) is 5.41 Å². The van der Waals surface area contributed by atoms with E-state index in [-0.39, 0.29) is 23.7 Å². The van der Waals surface area contributed by atoms with Crippen LogP contribution in [-0.4, -0.2) is 36.1 Å². The van der Waals surface area contributed by atoms with Crippen molar-refractivity contribution in [1.82, 2.24) is 10.5 Å². The Morgan fingerprint density at radius 1 is 0.854 bits per heavy atom. The summed E-state index contributed by atoms with van der Waals surface area (Å²) in [6.07, 6.45) is 6.38. The van der Waals surface area contributed by atoms with Crippen LogP contribution in [0.4, 0.5) is 16.2 Å². The van der Waals surface area contributed by atoms with Crippen LogP contribution in [-0.2, 0) is 14.3 Å². The van der Waals surface area contributed by atoms with Crippen molar-refractivity contribution < 1.29 is 33.4 Å². The molecule has 1 fully saturated rings. The first-order valence-corrected chi connectivity index (χ1v) is 16.3. The first kappa shape index (κ1) is 34.0. The number of anilines is 2. The molecule has 1 atom stereocenters. The number of amides is 3. The minimum absolute atomic E-state index is 0.194. The molecule has 0 aliphatic heterocycles. The van der Waals surface area contributed by atoms with E-state index in [2.05, 4.69) is 28.0 Å². The molecular formula is C37H42N4O7. The summed E-state index contributed by atoms with van der Waals surface area (Å²) in [6, 6.07) is 19.4. The third kappa shape index (κ3) is 8.33. The Kier molecular flexibility index (Phi) is 11.0. The molecule has 1 saturated carbocycles. The van der Waals surface area contributed by atoms with Gasteiger partial charge in [-0.05, 0) is 81.5 Å². The Morgan fingerprint density at radius 2 is 1.52 bits per heavy atom. The summed E-state index contributed by atoms with van der Waals surface area (Å²) in [4.78, 5) is 48.6. The molecular weight excluding hydrogens is 612 g/mol. The molecule has 1 aromatic heterocycles. The number of hydrogen-bond acceptors (Lipinski definition) is 8. The van der Waals surface area contributed by atoms with Crippen LogP contribution in [0.15, 0.2) is 72.9 Å². The maximum absolute atomic E-state index is 13.1. The van der Waals surface area contributed by atoms with Crippen LogP contribution in [0.2, 0.25) is 0 Å². The number of carbonyl (C=O) groups excluding carboxylic acids is 3. The van der Waals surface area contributed by atoms with E-state index < -0.39 is 11.5 Å². The van der Waals surface area contributed by atoms with Gasteiger partial charge in [-0.1, -0.05) is 44.4 Å². The molecule has 0 spiro atoms. The van der Waals surface area contributed by atoms with Crippen molar-refractivity contribution in [3.63, 3.8) is 0 Å². The number of aryl methyl sites for hydroxylation is 1. The number of carbonyl (C=O) groups is 3. The van der Waals surface area contributed by atoms with Gasteiger partial charge >= 0.3 is 6.09 Å². The van der Waals surface area contributed by atoms with Crippen LogP contribution in [0.3, 0.4) is 0 Å². The highest BCUT2D eigenvalue weighted by atomic mass is 16.7. The zero-order chi connectivity index (χ0) is 34.1. The maximum atomic E-state index is 13.1. The van der Waals surface area contributed by atoms with E-state index in [9.17, 15) is 14.4 Å². The van der Waals surface area contributed by atoms with Gasteiger partial charge in [-0.3, -0.25) is 14.6 Å². The van der Waals surface area contributed by atoms with E-state index in [4.69, 9.17) is 19.0 Å². The molecule has 3 amide bonds. The maximum Gasteiger partial charge on any atom is 0.440 e. The van der Waals surface area contributed by atoms with E-state index in [1.54, 1.807) is 48.7 Å². The second-order valence-electron chi connectivity index (χ2n) is 11.9. The van der Waals surface area contributed by atoms with Crippen LogP contribution < -0.4 is 30.4 Å². The topological polar surface area (TPSA) is 137 Å². The second kappa shape index (κ2) is 15.5. The molecule has 1 unspecified atom stereocenters. The number of pyridine rings is 1. The van der Waals surface area contributed by atoms with Crippen molar-refractivity contribution in [1.29, 1.82) is 0 Å². The van der Waals surface area contributed by atoms with Gasteiger partial charge in [0.05, 0.1) is 12.6 Å². The van der Waals surface area contributed by atoms with Crippen LogP contribution >= 0.6 is 0 Å². The lowest BCUT2D eigenvalue weighted by molar-refractivity contribution is -0.131. The summed E-state index contributed by atoms with van der Waals surface area (Å²) in [6.45, 7) is 6.08. The molecule has 252 valence electrons. The van der Waals surface area contributed by atoms with Crippen LogP contribution in [0.5, 0.6) is 23.0 Å². The Morgan fingerprint density at radius 3 is 2.12 bits per heavy atom. The molecule has 48 heavy (non-hydrogen) atoms. The summed E-state index contributed by atoms with van der Waals surface area (Å²) >= 11 is 0. The number of benzene rings is 3. The minimum atomic E-state index is -1.09. The summed E-state index contributed by atoms with van der Waals surface area (Å²) in [5.41, 5.74) is 4.13. The fraction of sp³-hybridized carbons (Fsp3) is 0.351. The summed E-state index contributed by atoms with van der Waals surface area (Å²) in [5.74, 6) is 0.946. The highest BCUT2D eigenvalue weighted by Gasteiger charge is 2.56. The zero-order valence-electron chi connectivity index (χ0n) is 27.8.